The molecule has 0 saturated heterocycles. The summed E-state index contributed by atoms with van der Waals surface area (Å²) in [6.07, 6.45) is 7.65. The lowest BCUT2D eigenvalue weighted by Gasteiger charge is -2.16. The van der Waals surface area contributed by atoms with Gasteiger partial charge in [-0.1, -0.05) is 40.0 Å². The van der Waals surface area contributed by atoms with E-state index in [1.165, 1.54) is 22.9 Å². The van der Waals surface area contributed by atoms with Gasteiger partial charge >= 0.3 is 0 Å². The molecule has 0 atom stereocenters. The third kappa shape index (κ3) is 4.89. The Labute approximate surface area is 152 Å². The van der Waals surface area contributed by atoms with Gasteiger partial charge in [0.15, 0.2) is 5.96 Å². The van der Waals surface area contributed by atoms with Crippen LogP contribution in [-0.4, -0.2) is 25.6 Å². The van der Waals surface area contributed by atoms with E-state index >= 15 is 0 Å². The smallest absolute Gasteiger partial charge is 0.192 e. The summed E-state index contributed by atoms with van der Waals surface area (Å²) in [6, 6.07) is 8.42. The molecule has 0 aromatic heterocycles. The molecule has 0 bridgehead atoms. The lowest BCUT2D eigenvalue weighted by atomic mass is 9.96. The van der Waals surface area contributed by atoms with E-state index in [4.69, 9.17) is 6.42 Å². The summed E-state index contributed by atoms with van der Waals surface area (Å²) in [5.74, 6) is 3.37. The Hall–Kier alpha value is -0.740. The maximum absolute atomic E-state index is 5.28. The van der Waals surface area contributed by atoms with E-state index in [9.17, 15) is 0 Å². The van der Waals surface area contributed by atoms with Crippen molar-refractivity contribution in [3.63, 3.8) is 0 Å². The van der Waals surface area contributed by atoms with Crippen LogP contribution in [0.3, 0.4) is 0 Å². The Balaban J connectivity index is 0.00000220. The highest BCUT2D eigenvalue weighted by Crippen LogP contribution is 2.50. The molecule has 1 aromatic carbocycles. The number of rotatable bonds is 5. The molecule has 0 radical (unpaired) electrons. The molecule has 0 amide bonds. The summed E-state index contributed by atoms with van der Waals surface area (Å²) < 4.78 is 1.18. The lowest BCUT2D eigenvalue weighted by molar-refractivity contribution is 0.693. The predicted molar refractivity (Wildman–Crippen MR) is 103 cm³/mol. The number of hydrogen-bond donors (Lipinski definition) is 2. The SMILES string of the molecule is C#CCNC(=NCC1(c2ccccc2Br)CC1)NCC.I. The van der Waals surface area contributed by atoms with Gasteiger partial charge in [-0.2, -0.15) is 0 Å². The molecule has 0 heterocycles. The number of hydrogen-bond acceptors (Lipinski definition) is 1. The minimum atomic E-state index is 0. The van der Waals surface area contributed by atoms with Crippen molar-refractivity contribution in [2.75, 3.05) is 19.6 Å². The third-order valence-electron chi connectivity index (χ3n) is 3.54. The van der Waals surface area contributed by atoms with Crippen LogP contribution < -0.4 is 10.6 Å². The van der Waals surface area contributed by atoms with Gasteiger partial charge in [-0.15, -0.1) is 30.4 Å². The van der Waals surface area contributed by atoms with Crippen molar-refractivity contribution in [2.45, 2.75) is 25.2 Å². The number of aliphatic imine (C=N–C) groups is 1. The second kappa shape index (κ2) is 8.64. The van der Waals surface area contributed by atoms with Crippen molar-refractivity contribution in [3.8, 4) is 12.3 Å². The fourth-order valence-corrected chi connectivity index (χ4v) is 2.97. The maximum atomic E-state index is 5.28. The highest BCUT2D eigenvalue weighted by Gasteiger charge is 2.45. The molecule has 114 valence electrons. The fourth-order valence-electron chi connectivity index (χ4n) is 2.26. The Morgan fingerprint density at radius 3 is 2.67 bits per heavy atom. The second-order valence-electron chi connectivity index (χ2n) is 5.01. The Morgan fingerprint density at radius 2 is 2.10 bits per heavy atom. The molecule has 1 aliphatic carbocycles. The molecule has 21 heavy (non-hydrogen) atoms. The molecule has 3 nitrogen and oxygen atoms in total. The van der Waals surface area contributed by atoms with Gasteiger partial charge in [-0.25, -0.2) is 0 Å². The van der Waals surface area contributed by atoms with Gasteiger partial charge in [-0.3, -0.25) is 4.99 Å². The average Bonchev–Trinajstić information content (AvgIpc) is 3.23. The van der Waals surface area contributed by atoms with Crippen LogP contribution in [0.4, 0.5) is 0 Å². The van der Waals surface area contributed by atoms with Crippen LogP contribution in [-0.2, 0) is 5.41 Å². The topological polar surface area (TPSA) is 36.4 Å². The predicted octanol–water partition coefficient (Wildman–Crippen LogP) is 3.29. The van der Waals surface area contributed by atoms with Crippen molar-refractivity contribution in [2.24, 2.45) is 4.99 Å². The minimum Gasteiger partial charge on any atom is -0.357 e. The highest BCUT2D eigenvalue weighted by molar-refractivity contribution is 14.0. The normalized spacial score (nSPS) is 15.6. The zero-order valence-electron chi connectivity index (χ0n) is 12.2. The monoisotopic (exact) mass is 461 g/mol. The summed E-state index contributed by atoms with van der Waals surface area (Å²) in [4.78, 5) is 4.68. The standard InChI is InChI=1S/C16H20BrN3.HI/c1-3-11-19-15(18-4-2)20-12-16(9-10-16)13-7-5-6-8-14(13)17;/h1,5-8H,4,9-12H2,2H3,(H2,18,19,20);1H. The molecule has 1 saturated carbocycles. The second-order valence-corrected chi connectivity index (χ2v) is 5.87. The van der Waals surface area contributed by atoms with Crippen LogP contribution in [0.15, 0.2) is 33.7 Å². The van der Waals surface area contributed by atoms with Crippen molar-refractivity contribution in [3.05, 3.63) is 34.3 Å². The number of guanidine groups is 1. The molecule has 1 aromatic rings. The van der Waals surface area contributed by atoms with Gasteiger partial charge in [0.2, 0.25) is 0 Å². The van der Waals surface area contributed by atoms with Crippen molar-refractivity contribution >= 4 is 45.9 Å². The van der Waals surface area contributed by atoms with Crippen LogP contribution in [0.1, 0.15) is 25.3 Å². The number of benzene rings is 1. The largest absolute Gasteiger partial charge is 0.357 e. The zero-order chi connectivity index (χ0) is 14.4. The molecule has 0 aliphatic heterocycles. The summed E-state index contributed by atoms with van der Waals surface area (Å²) in [7, 11) is 0. The number of nitrogens with one attached hydrogen (secondary N) is 2. The quantitative estimate of drug-likeness (QED) is 0.305. The maximum Gasteiger partial charge on any atom is 0.192 e. The molecule has 1 aliphatic rings. The molecular formula is C16H21BrIN3. The Morgan fingerprint density at radius 1 is 1.38 bits per heavy atom. The van der Waals surface area contributed by atoms with E-state index in [1.807, 2.05) is 13.0 Å². The van der Waals surface area contributed by atoms with Gasteiger partial charge in [0, 0.05) is 16.4 Å². The first kappa shape index (κ1) is 18.3. The van der Waals surface area contributed by atoms with Gasteiger partial charge in [0.1, 0.15) is 0 Å². The minimum absolute atomic E-state index is 0. The number of terminal acetylenes is 1. The van der Waals surface area contributed by atoms with Crippen molar-refractivity contribution in [1.82, 2.24) is 10.6 Å². The van der Waals surface area contributed by atoms with E-state index in [-0.39, 0.29) is 29.4 Å². The van der Waals surface area contributed by atoms with Crippen LogP contribution in [0.2, 0.25) is 0 Å². The molecular weight excluding hydrogens is 441 g/mol. The van der Waals surface area contributed by atoms with Crippen molar-refractivity contribution in [1.29, 1.82) is 0 Å². The van der Waals surface area contributed by atoms with E-state index in [0.29, 0.717) is 6.54 Å². The third-order valence-corrected chi connectivity index (χ3v) is 4.23. The first-order valence-corrected chi connectivity index (χ1v) is 7.72. The van der Waals surface area contributed by atoms with E-state index < -0.39 is 0 Å². The van der Waals surface area contributed by atoms with Crippen LogP contribution >= 0.6 is 39.9 Å². The number of nitrogens with zero attached hydrogens (tertiary/aromatic N) is 1. The summed E-state index contributed by atoms with van der Waals surface area (Å²) in [5.41, 5.74) is 1.55. The Kier molecular flexibility index (Phi) is 7.53. The first-order valence-electron chi connectivity index (χ1n) is 6.92. The van der Waals surface area contributed by atoms with Crippen LogP contribution in [0.5, 0.6) is 0 Å². The van der Waals surface area contributed by atoms with Gasteiger partial charge in [0.05, 0.1) is 13.1 Å². The van der Waals surface area contributed by atoms with Crippen molar-refractivity contribution < 1.29 is 0 Å². The van der Waals surface area contributed by atoms with E-state index in [0.717, 1.165) is 19.0 Å². The summed E-state index contributed by atoms with van der Waals surface area (Å²) >= 11 is 3.65. The molecule has 1 fully saturated rings. The molecule has 5 heteroatoms. The zero-order valence-corrected chi connectivity index (χ0v) is 16.1. The van der Waals surface area contributed by atoms with E-state index in [2.05, 4.69) is 55.7 Å². The first-order chi connectivity index (χ1) is 9.72. The summed E-state index contributed by atoms with van der Waals surface area (Å²) in [5, 5.41) is 6.34. The summed E-state index contributed by atoms with van der Waals surface area (Å²) in [6.45, 7) is 4.16. The van der Waals surface area contributed by atoms with Crippen LogP contribution in [0, 0.1) is 12.3 Å². The average molecular weight is 462 g/mol. The highest BCUT2D eigenvalue weighted by atomic mass is 127. The Bertz CT molecular complexity index is 533. The number of halogens is 2. The molecule has 2 rings (SSSR count). The van der Waals surface area contributed by atoms with Gasteiger partial charge in [-0.05, 0) is 31.4 Å². The molecule has 2 N–H and O–H groups in total. The van der Waals surface area contributed by atoms with Gasteiger partial charge in [0.25, 0.3) is 0 Å². The fraction of sp³-hybridized carbons (Fsp3) is 0.438. The van der Waals surface area contributed by atoms with E-state index in [1.54, 1.807) is 0 Å². The molecule has 0 unspecified atom stereocenters. The lowest BCUT2D eigenvalue weighted by Crippen LogP contribution is -2.38. The molecule has 0 spiro atoms. The van der Waals surface area contributed by atoms with Crippen LogP contribution in [0.25, 0.3) is 0 Å². The van der Waals surface area contributed by atoms with Gasteiger partial charge < -0.3 is 10.6 Å².